The lowest BCUT2D eigenvalue weighted by Crippen LogP contribution is -2.19. The van der Waals surface area contributed by atoms with E-state index < -0.39 is 11.7 Å². The molecule has 0 saturated heterocycles. The Kier molecular flexibility index (Phi) is 2.80. The van der Waals surface area contributed by atoms with Crippen LogP contribution in [-0.4, -0.2) is 14.8 Å². The van der Waals surface area contributed by atoms with Gasteiger partial charge in [-0.2, -0.15) is 13.2 Å². The molecular weight excluding hydrogens is 255 g/mol. The highest BCUT2D eigenvalue weighted by atomic mass is 19.4. The quantitative estimate of drug-likeness (QED) is 0.795. The van der Waals surface area contributed by atoms with E-state index in [4.69, 9.17) is 0 Å². The Morgan fingerprint density at radius 1 is 1.26 bits per heavy atom. The van der Waals surface area contributed by atoms with Crippen LogP contribution in [0.2, 0.25) is 0 Å². The highest BCUT2D eigenvalue weighted by Crippen LogP contribution is 2.33. The van der Waals surface area contributed by atoms with Crippen molar-refractivity contribution in [3.8, 4) is 0 Å². The van der Waals surface area contributed by atoms with Crippen molar-refractivity contribution >= 4 is 0 Å². The van der Waals surface area contributed by atoms with Gasteiger partial charge in [-0.25, -0.2) is 0 Å². The van der Waals surface area contributed by atoms with Gasteiger partial charge in [0.25, 0.3) is 0 Å². The molecule has 0 radical (unpaired) electrons. The highest BCUT2D eigenvalue weighted by Gasteiger charge is 2.31. The Morgan fingerprint density at radius 3 is 2.89 bits per heavy atom. The van der Waals surface area contributed by atoms with Crippen molar-refractivity contribution in [2.45, 2.75) is 31.5 Å². The van der Waals surface area contributed by atoms with Crippen LogP contribution in [0.1, 0.15) is 29.3 Å². The number of hydrogen-bond donors (Lipinski definition) is 0. The number of benzene rings is 1. The van der Waals surface area contributed by atoms with Crippen molar-refractivity contribution in [1.29, 1.82) is 0 Å². The zero-order valence-electron chi connectivity index (χ0n) is 10.1. The zero-order chi connectivity index (χ0) is 13.5. The van der Waals surface area contributed by atoms with Crippen molar-refractivity contribution in [1.82, 2.24) is 14.8 Å². The van der Waals surface area contributed by atoms with Gasteiger partial charge in [-0.15, -0.1) is 10.2 Å². The third-order valence-corrected chi connectivity index (χ3v) is 3.51. The van der Waals surface area contributed by atoms with Crippen molar-refractivity contribution in [2.24, 2.45) is 0 Å². The van der Waals surface area contributed by atoms with Gasteiger partial charge in [-0.3, -0.25) is 0 Å². The molecule has 2 heterocycles. The molecule has 0 fully saturated rings. The number of rotatable bonds is 1. The second kappa shape index (κ2) is 4.36. The fourth-order valence-electron chi connectivity index (χ4n) is 2.50. The zero-order valence-corrected chi connectivity index (χ0v) is 10.1. The van der Waals surface area contributed by atoms with Gasteiger partial charge < -0.3 is 4.57 Å². The van der Waals surface area contributed by atoms with Crippen LogP contribution >= 0.6 is 0 Å². The summed E-state index contributed by atoms with van der Waals surface area (Å²) >= 11 is 0. The molecule has 0 N–H and O–H groups in total. The summed E-state index contributed by atoms with van der Waals surface area (Å²) in [5, 5.41) is 7.80. The molecule has 100 valence electrons. The van der Waals surface area contributed by atoms with E-state index in [1.807, 2.05) is 4.57 Å². The van der Waals surface area contributed by atoms with E-state index in [1.165, 1.54) is 12.1 Å². The smallest absolute Gasteiger partial charge is 0.317 e. The predicted octanol–water partition coefficient (Wildman–Crippen LogP) is 3.03. The van der Waals surface area contributed by atoms with Crippen LogP contribution < -0.4 is 0 Å². The summed E-state index contributed by atoms with van der Waals surface area (Å²) in [6.45, 7) is 0.643. The van der Waals surface area contributed by atoms with E-state index in [2.05, 4.69) is 10.2 Å². The summed E-state index contributed by atoms with van der Waals surface area (Å²) in [7, 11) is 0. The Hall–Kier alpha value is -1.85. The average Bonchev–Trinajstić information content (AvgIpc) is 2.85. The van der Waals surface area contributed by atoms with Crippen LogP contribution in [0.3, 0.4) is 0 Å². The fourth-order valence-corrected chi connectivity index (χ4v) is 2.50. The number of alkyl halides is 3. The average molecular weight is 267 g/mol. The van der Waals surface area contributed by atoms with E-state index in [0.29, 0.717) is 6.54 Å². The van der Waals surface area contributed by atoms with Gasteiger partial charge in [0.1, 0.15) is 12.2 Å². The van der Waals surface area contributed by atoms with Crippen LogP contribution in [0.15, 0.2) is 30.6 Å². The maximum atomic E-state index is 12.7. The minimum Gasteiger partial charge on any atom is -0.317 e. The van der Waals surface area contributed by atoms with Crippen molar-refractivity contribution in [3.05, 3.63) is 47.5 Å². The molecule has 1 aliphatic heterocycles. The second-order valence-electron chi connectivity index (χ2n) is 4.76. The van der Waals surface area contributed by atoms with Gasteiger partial charge in [0, 0.05) is 18.9 Å². The summed E-state index contributed by atoms with van der Waals surface area (Å²) in [5.74, 6) is 0.994. The van der Waals surface area contributed by atoms with Gasteiger partial charge in [0.2, 0.25) is 0 Å². The molecule has 2 aromatic rings. The Morgan fingerprint density at radius 2 is 2.11 bits per heavy atom. The monoisotopic (exact) mass is 267 g/mol. The summed E-state index contributed by atoms with van der Waals surface area (Å²) in [4.78, 5) is 0. The first kappa shape index (κ1) is 12.2. The van der Waals surface area contributed by atoms with E-state index in [1.54, 1.807) is 12.4 Å². The van der Waals surface area contributed by atoms with Crippen LogP contribution in [0.25, 0.3) is 0 Å². The van der Waals surface area contributed by atoms with Crippen molar-refractivity contribution in [3.63, 3.8) is 0 Å². The molecule has 0 amide bonds. The number of nitrogens with zero attached hydrogens (tertiary/aromatic N) is 3. The lowest BCUT2D eigenvalue weighted by Gasteiger charge is -2.24. The van der Waals surface area contributed by atoms with Crippen LogP contribution in [0.4, 0.5) is 13.2 Å². The largest absolute Gasteiger partial charge is 0.416 e. The lowest BCUT2D eigenvalue weighted by molar-refractivity contribution is -0.137. The van der Waals surface area contributed by atoms with Gasteiger partial charge >= 0.3 is 6.18 Å². The molecular formula is C13H12F3N3. The van der Waals surface area contributed by atoms with Crippen LogP contribution in [-0.2, 0) is 19.1 Å². The molecule has 0 aliphatic carbocycles. The minimum absolute atomic E-state index is 0.0887. The van der Waals surface area contributed by atoms with E-state index in [9.17, 15) is 13.2 Å². The molecule has 3 nitrogen and oxygen atoms in total. The Labute approximate surface area is 108 Å². The van der Waals surface area contributed by atoms with E-state index in [-0.39, 0.29) is 5.92 Å². The lowest BCUT2D eigenvalue weighted by atomic mass is 9.90. The molecule has 0 bridgehead atoms. The van der Waals surface area contributed by atoms with E-state index in [0.717, 1.165) is 30.3 Å². The summed E-state index contributed by atoms with van der Waals surface area (Å²) in [6, 6.07) is 5.59. The summed E-state index contributed by atoms with van der Waals surface area (Å²) in [6.07, 6.45) is -1.09. The standard InChI is InChI=1S/C13H12F3N3/c14-13(15,16)11-3-1-2-9(6-11)10-4-5-12-18-17-8-19(12)7-10/h1-3,6,8,10H,4-5,7H2. The minimum atomic E-state index is -4.29. The Balaban J connectivity index is 1.88. The fraction of sp³-hybridized carbons (Fsp3) is 0.385. The third-order valence-electron chi connectivity index (χ3n) is 3.51. The first-order chi connectivity index (χ1) is 9.04. The Bertz CT molecular complexity index is 589. The molecule has 1 aliphatic rings. The summed E-state index contributed by atoms with van der Waals surface area (Å²) < 4.78 is 40.0. The number of aromatic nitrogens is 3. The molecule has 0 spiro atoms. The number of aryl methyl sites for hydroxylation is 1. The maximum Gasteiger partial charge on any atom is 0.416 e. The molecule has 3 rings (SSSR count). The normalized spacial score (nSPS) is 19.2. The molecule has 19 heavy (non-hydrogen) atoms. The SMILES string of the molecule is FC(F)(F)c1cccc(C2CCc3nncn3C2)c1. The number of fused-ring (bicyclic) bond motifs is 1. The maximum absolute atomic E-state index is 12.7. The third kappa shape index (κ3) is 2.34. The first-order valence-corrected chi connectivity index (χ1v) is 6.08. The van der Waals surface area contributed by atoms with Crippen LogP contribution in [0.5, 0.6) is 0 Å². The highest BCUT2D eigenvalue weighted by molar-refractivity contribution is 5.29. The van der Waals surface area contributed by atoms with Gasteiger partial charge in [0.05, 0.1) is 5.56 Å². The topological polar surface area (TPSA) is 30.7 Å². The second-order valence-corrected chi connectivity index (χ2v) is 4.76. The summed E-state index contributed by atoms with van der Waals surface area (Å²) in [5.41, 5.74) is 0.147. The molecule has 1 atom stereocenters. The van der Waals surface area contributed by atoms with Gasteiger partial charge in [-0.05, 0) is 18.1 Å². The van der Waals surface area contributed by atoms with Crippen LogP contribution in [0, 0.1) is 0 Å². The molecule has 6 heteroatoms. The number of halogens is 3. The van der Waals surface area contributed by atoms with Crippen molar-refractivity contribution in [2.75, 3.05) is 0 Å². The molecule has 0 saturated carbocycles. The number of hydrogen-bond acceptors (Lipinski definition) is 2. The van der Waals surface area contributed by atoms with E-state index >= 15 is 0 Å². The van der Waals surface area contributed by atoms with Gasteiger partial charge in [0.15, 0.2) is 0 Å². The van der Waals surface area contributed by atoms with Gasteiger partial charge in [-0.1, -0.05) is 18.2 Å². The molecule has 1 unspecified atom stereocenters. The predicted molar refractivity (Wildman–Crippen MR) is 62.5 cm³/mol. The molecule has 1 aromatic heterocycles. The van der Waals surface area contributed by atoms with Crippen molar-refractivity contribution < 1.29 is 13.2 Å². The molecule has 1 aromatic carbocycles. The first-order valence-electron chi connectivity index (χ1n) is 6.08.